The van der Waals surface area contributed by atoms with Gasteiger partial charge in [0.05, 0.1) is 6.21 Å². The van der Waals surface area contributed by atoms with E-state index in [-0.39, 0.29) is 12.5 Å². The van der Waals surface area contributed by atoms with Gasteiger partial charge in [0.2, 0.25) is 0 Å². The van der Waals surface area contributed by atoms with Crippen LogP contribution in [0.3, 0.4) is 0 Å². The SMILES string of the molecule is Cc1cc(Br)ccc1OCC(=O)NN=Cc1cccc(Cl)c1. The van der Waals surface area contributed by atoms with Crippen LogP contribution in [0.15, 0.2) is 52.0 Å². The lowest BCUT2D eigenvalue weighted by Crippen LogP contribution is -2.24. The maximum Gasteiger partial charge on any atom is 0.277 e. The van der Waals surface area contributed by atoms with E-state index in [4.69, 9.17) is 16.3 Å². The van der Waals surface area contributed by atoms with Gasteiger partial charge in [-0.15, -0.1) is 0 Å². The van der Waals surface area contributed by atoms with Crippen LogP contribution in [0, 0.1) is 6.92 Å². The third kappa shape index (κ3) is 5.16. The van der Waals surface area contributed by atoms with Gasteiger partial charge in [0, 0.05) is 9.50 Å². The molecule has 1 amide bonds. The molecule has 2 aromatic rings. The first-order valence-corrected chi connectivity index (χ1v) is 7.68. The molecule has 0 heterocycles. The molecule has 0 radical (unpaired) electrons. The predicted octanol–water partition coefficient (Wildman–Crippen LogP) is 3.94. The summed E-state index contributed by atoms with van der Waals surface area (Å²) in [6, 6.07) is 12.8. The summed E-state index contributed by atoms with van der Waals surface area (Å²) in [7, 11) is 0. The van der Waals surface area contributed by atoms with Crippen molar-refractivity contribution in [3.63, 3.8) is 0 Å². The molecule has 1 N–H and O–H groups in total. The number of carbonyl (C=O) groups is 1. The van der Waals surface area contributed by atoms with Gasteiger partial charge < -0.3 is 4.74 Å². The number of rotatable bonds is 5. The third-order valence-electron chi connectivity index (χ3n) is 2.75. The van der Waals surface area contributed by atoms with E-state index < -0.39 is 0 Å². The lowest BCUT2D eigenvalue weighted by atomic mass is 10.2. The van der Waals surface area contributed by atoms with Crippen LogP contribution in [0.5, 0.6) is 5.75 Å². The first-order valence-electron chi connectivity index (χ1n) is 6.51. The van der Waals surface area contributed by atoms with E-state index in [1.807, 2.05) is 37.3 Å². The zero-order valence-corrected chi connectivity index (χ0v) is 14.2. The van der Waals surface area contributed by atoms with Gasteiger partial charge in [-0.25, -0.2) is 5.43 Å². The van der Waals surface area contributed by atoms with E-state index in [9.17, 15) is 4.79 Å². The molecule has 0 saturated carbocycles. The Bertz CT molecular complexity index is 704. The second kappa shape index (κ2) is 7.96. The van der Waals surface area contributed by atoms with Crippen molar-refractivity contribution in [1.29, 1.82) is 0 Å². The lowest BCUT2D eigenvalue weighted by molar-refractivity contribution is -0.123. The van der Waals surface area contributed by atoms with Gasteiger partial charge in [-0.05, 0) is 48.4 Å². The molecule has 0 aromatic heterocycles. The summed E-state index contributed by atoms with van der Waals surface area (Å²) in [6.07, 6.45) is 1.52. The van der Waals surface area contributed by atoms with Crippen LogP contribution in [-0.2, 0) is 4.79 Å². The quantitative estimate of drug-likeness (QED) is 0.630. The van der Waals surface area contributed by atoms with Crippen molar-refractivity contribution in [2.75, 3.05) is 6.61 Å². The first-order chi connectivity index (χ1) is 10.5. The summed E-state index contributed by atoms with van der Waals surface area (Å²) in [4.78, 5) is 11.7. The molecule has 0 atom stereocenters. The molecule has 0 fully saturated rings. The average Bonchev–Trinajstić information content (AvgIpc) is 2.46. The zero-order chi connectivity index (χ0) is 15.9. The molecule has 0 aliphatic heterocycles. The Morgan fingerprint density at radius 1 is 1.36 bits per heavy atom. The molecule has 0 aliphatic rings. The monoisotopic (exact) mass is 380 g/mol. The summed E-state index contributed by atoms with van der Waals surface area (Å²) in [5.41, 5.74) is 4.16. The number of hydrogen-bond acceptors (Lipinski definition) is 3. The van der Waals surface area contributed by atoms with Crippen molar-refractivity contribution in [3.05, 3.63) is 63.1 Å². The van der Waals surface area contributed by atoms with Crippen LogP contribution in [-0.4, -0.2) is 18.7 Å². The van der Waals surface area contributed by atoms with Crippen LogP contribution in [0.25, 0.3) is 0 Å². The van der Waals surface area contributed by atoms with Gasteiger partial charge in [0.1, 0.15) is 5.75 Å². The van der Waals surface area contributed by atoms with Gasteiger partial charge >= 0.3 is 0 Å². The van der Waals surface area contributed by atoms with Gasteiger partial charge in [-0.2, -0.15) is 5.10 Å². The third-order valence-corrected chi connectivity index (χ3v) is 3.48. The van der Waals surface area contributed by atoms with Crippen LogP contribution in [0.2, 0.25) is 5.02 Å². The van der Waals surface area contributed by atoms with Crippen LogP contribution in [0.1, 0.15) is 11.1 Å². The minimum Gasteiger partial charge on any atom is -0.483 e. The summed E-state index contributed by atoms with van der Waals surface area (Å²) in [6.45, 7) is 1.81. The van der Waals surface area contributed by atoms with E-state index in [1.165, 1.54) is 6.21 Å². The standard InChI is InChI=1S/C16H14BrClN2O2/c1-11-7-13(17)5-6-15(11)22-10-16(21)20-19-9-12-3-2-4-14(18)8-12/h2-9H,10H2,1H3,(H,20,21). The molecule has 114 valence electrons. The Labute approximate surface area is 142 Å². The highest BCUT2D eigenvalue weighted by atomic mass is 79.9. The molecule has 4 nitrogen and oxygen atoms in total. The van der Waals surface area contributed by atoms with Crippen LogP contribution in [0.4, 0.5) is 0 Å². The molecule has 2 aromatic carbocycles. The van der Waals surface area contributed by atoms with Crippen LogP contribution < -0.4 is 10.2 Å². The highest BCUT2D eigenvalue weighted by molar-refractivity contribution is 9.10. The Hall–Kier alpha value is -1.85. The number of hydrazone groups is 1. The lowest BCUT2D eigenvalue weighted by Gasteiger charge is -2.08. The maximum atomic E-state index is 11.7. The highest BCUT2D eigenvalue weighted by Gasteiger charge is 2.04. The van der Waals surface area contributed by atoms with Crippen molar-refractivity contribution in [3.8, 4) is 5.75 Å². The normalized spacial score (nSPS) is 10.7. The minimum atomic E-state index is -0.333. The molecule has 0 unspecified atom stereocenters. The summed E-state index contributed by atoms with van der Waals surface area (Å²) >= 11 is 9.23. The van der Waals surface area contributed by atoms with Gasteiger partial charge in [0.15, 0.2) is 6.61 Å². The van der Waals surface area contributed by atoms with Crippen molar-refractivity contribution in [2.45, 2.75) is 6.92 Å². The van der Waals surface area contributed by atoms with Crippen LogP contribution >= 0.6 is 27.5 Å². The summed E-state index contributed by atoms with van der Waals surface area (Å²) < 4.78 is 6.41. The predicted molar refractivity (Wildman–Crippen MR) is 91.6 cm³/mol. The second-order valence-corrected chi connectivity index (χ2v) is 5.90. The van der Waals surface area contributed by atoms with Gasteiger partial charge in [-0.3, -0.25) is 4.79 Å². The number of carbonyl (C=O) groups excluding carboxylic acids is 1. The fourth-order valence-corrected chi connectivity index (χ4v) is 2.39. The number of hydrogen-bond donors (Lipinski definition) is 1. The molecule has 22 heavy (non-hydrogen) atoms. The van der Waals surface area contributed by atoms with E-state index >= 15 is 0 Å². The highest BCUT2D eigenvalue weighted by Crippen LogP contribution is 2.21. The largest absolute Gasteiger partial charge is 0.483 e. The van der Waals surface area contributed by atoms with Gasteiger partial charge in [-0.1, -0.05) is 39.7 Å². The van der Waals surface area contributed by atoms with E-state index in [0.717, 1.165) is 15.6 Å². The smallest absolute Gasteiger partial charge is 0.277 e. The maximum absolute atomic E-state index is 11.7. The van der Waals surface area contributed by atoms with Crippen molar-refractivity contribution < 1.29 is 9.53 Å². The Morgan fingerprint density at radius 2 is 2.18 bits per heavy atom. The van der Waals surface area contributed by atoms with Crippen molar-refractivity contribution in [2.24, 2.45) is 5.10 Å². The van der Waals surface area contributed by atoms with Crippen molar-refractivity contribution >= 4 is 39.7 Å². The summed E-state index contributed by atoms with van der Waals surface area (Å²) in [5.74, 6) is 0.331. The van der Waals surface area contributed by atoms with Crippen molar-refractivity contribution in [1.82, 2.24) is 5.43 Å². The molecule has 2 rings (SSSR count). The van der Waals surface area contributed by atoms with E-state index in [2.05, 4.69) is 26.5 Å². The van der Waals surface area contributed by atoms with E-state index in [1.54, 1.807) is 12.1 Å². The number of amides is 1. The number of aryl methyl sites for hydroxylation is 1. The number of ether oxygens (including phenoxy) is 1. The fourth-order valence-electron chi connectivity index (χ4n) is 1.72. The van der Waals surface area contributed by atoms with Gasteiger partial charge in [0.25, 0.3) is 5.91 Å². The minimum absolute atomic E-state index is 0.102. The molecule has 0 spiro atoms. The second-order valence-electron chi connectivity index (χ2n) is 4.55. The number of halogens is 2. The summed E-state index contributed by atoms with van der Waals surface area (Å²) in [5, 5.41) is 4.48. The van der Waals surface area contributed by atoms with E-state index in [0.29, 0.717) is 10.8 Å². The molecule has 0 saturated heterocycles. The molecule has 6 heteroatoms. The topological polar surface area (TPSA) is 50.7 Å². The average molecular weight is 382 g/mol. The first kappa shape index (κ1) is 16.5. The molecule has 0 aliphatic carbocycles. The zero-order valence-electron chi connectivity index (χ0n) is 11.8. The number of nitrogens with one attached hydrogen (secondary N) is 1. The fraction of sp³-hybridized carbons (Fsp3) is 0.125. The molecule has 0 bridgehead atoms. The Morgan fingerprint density at radius 3 is 2.91 bits per heavy atom. The Balaban J connectivity index is 1.83. The Kier molecular flexibility index (Phi) is 5.98. The molecular formula is C16H14BrClN2O2. The number of benzene rings is 2. The molecular weight excluding hydrogens is 368 g/mol. The number of nitrogens with zero attached hydrogens (tertiary/aromatic N) is 1.